The van der Waals surface area contributed by atoms with Crippen LogP contribution in [-0.4, -0.2) is 24.2 Å². The Bertz CT molecular complexity index is 4030. The van der Waals surface area contributed by atoms with Crippen LogP contribution < -0.4 is 0 Å². The fraction of sp³-hybridized carbons (Fsp3) is 0.250. The van der Waals surface area contributed by atoms with E-state index in [9.17, 15) is 5.11 Å². The van der Waals surface area contributed by atoms with Crippen molar-refractivity contribution in [3.63, 3.8) is 0 Å². The Hall–Kier alpha value is -7.33. The van der Waals surface area contributed by atoms with E-state index in [1.807, 2.05) is 6.20 Å². The van der Waals surface area contributed by atoms with Crippen molar-refractivity contribution in [2.24, 2.45) is 0 Å². The summed E-state index contributed by atoms with van der Waals surface area (Å²) in [4.78, 5) is 10.8. The van der Waals surface area contributed by atoms with Gasteiger partial charge >= 0.3 is 0 Å². The molecule has 0 saturated heterocycles. The van der Waals surface area contributed by atoms with Crippen LogP contribution in [0, 0.1) is 19.9 Å². The zero-order valence-corrected chi connectivity index (χ0v) is 50.0. The first-order valence-electron chi connectivity index (χ1n) is 27.2. The molecule has 0 spiro atoms. The van der Waals surface area contributed by atoms with Crippen molar-refractivity contribution in [2.75, 3.05) is 0 Å². The van der Waals surface area contributed by atoms with Crippen LogP contribution in [0.15, 0.2) is 170 Å². The molecule has 11 aromatic rings. The summed E-state index contributed by atoms with van der Waals surface area (Å²) in [6, 6.07) is 63.2. The Morgan fingerprint density at radius 3 is 1.67 bits per heavy atom. The summed E-state index contributed by atoms with van der Waals surface area (Å²) < 4.78 is 4.72. The predicted octanol–water partition coefficient (Wildman–Crippen LogP) is 19.2. The summed E-state index contributed by atoms with van der Waals surface area (Å²) in [6.07, 6.45) is 1.92. The summed E-state index contributed by atoms with van der Waals surface area (Å²) >= 11 is 0. The summed E-state index contributed by atoms with van der Waals surface area (Å²) in [5.74, 6) is 0.926. The number of hydrogen-bond donors (Lipinski definition) is 1. The second-order valence-corrected chi connectivity index (χ2v) is 25.4. The van der Waals surface area contributed by atoms with Crippen LogP contribution in [-0.2, 0) is 42.7 Å². The predicted molar refractivity (Wildman–Crippen MR) is 325 cm³/mol. The third kappa shape index (κ3) is 9.74. The molecule has 0 unspecified atom stereocenters. The van der Waals surface area contributed by atoms with E-state index in [0.29, 0.717) is 11.4 Å². The van der Waals surface area contributed by atoms with Crippen molar-refractivity contribution in [1.29, 1.82) is 0 Å². The van der Waals surface area contributed by atoms with E-state index in [2.05, 4.69) is 276 Å². The Morgan fingerprint density at radius 2 is 1.05 bits per heavy atom. The van der Waals surface area contributed by atoms with Crippen molar-refractivity contribution in [3.05, 3.63) is 209 Å². The molecule has 1 N–H and O–H groups in total. The number of aromatic nitrogens is 4. The number of benzene rings is 8. The van der Waals surface area contributed by atoms with Gasteiger partial charge in [-0.2, -0.15) is 0 Å². The van der Waals surface area contributed by atoms with Crippen molar-refractivity contribution < 1.29 is 26.2 Å². The normalized spacial score (nSPS) is 12.4. The molecule has 0 bridgehead atoms. The first-order valence-corrected chi connectivity index (χ1v) is 27.2. The number of hydrogen-bond acceptors (Lipinski definition) is 3. The number of para-hydroxylation sites is 3. The standard InChI is InChI=1S/C72H71N4O.Pt/c1-44-21-18-26-56-57-27-19-22-45(2)66(57)75(65(44)56)54-32-29-46(30-33-54)48-35-36-73-61(40-48)50-37-49(38-52(39-50)70(6,7)8)55-25-20-28-63-64(55)74-68(59-42-53(71(9,10)11)43-60(67(59)77)72(12,13)14)76(63)62-34-31-51(69(3,4)5)41-58(62)47-23-16-15-17-24-47;/h15-36,38-43,77H,1-14H3;/q-1;. The first kappa shape index (κ1) is 54.0. The molecule has 3 aromatic heterocycles. The third-order valence-electron chi connectivity index (χ3n) is 15.6. The van der Waals surface area contributed by atoms with Crippen LogP contribution in [0.25, 0.3) is 100 Å². The molecule has 78 heavy (non-hydrogen) atoms. The number of rotatable bonds is 7. The average Bonchev–Trinajstić information content (AvgIpc) is 3.98. The zero-order chi connectivity index (χ0) is 54.5. The number of pyridine rings is 1. The van der Waals surface area contributed by atoms with Crippen LogP contribution in [0.1, 0.15) is 116 Å². The molecule has 6 heteroatoms. The van der Waals surface area contributed by atoms with Crippen LogP contribution >= 0.6 is 0 Å². The van der Waals surface area contributed by atoms with Crippen LogP contribution in [0.5, 0.6) is 5.75 Å². The van der Waals surface area contributed by atoms with Gasteiger partial charge in [-0.05, 0) is 117 Å². The van der Waals surface area contributed by atoms with Crippen LogP contribution in [0.3, 0.4) is 0 Å². The second kappa shape index (κ2) is 19.8. The van der Waals surface area contributed by atoms with Crippen molar-refractivity contribution >= 4 is 32.8 Å². The van der Waals surface area contributed by atoms with E-state index in [1.54, 1.807) is 0 Å². The number of fused-ring (bicyclic) bond motifs is 4. The Kier molecular flexibility index (Phi) is 13.7. The number of aromatic hydroxyl groups is 1. The van der Waals surface area contributed by atoms with E-state index in [4.69, 9.17) is 9.97 Å². The molecular formula is C72H71N4OPt-. The molecule has 0 aliphatic carbocycles. The van der Waals surface area contributed by atoms with E-state index < -0.39 is 0 Å². The van der Waals surface area contributed by atoms with E-state index in [1.165, 1.54) is 44.1 Å². The number of phenolic OH excluding ortho intramolecular Hbond substituents is 1. The van der Waals surface area contributed by atoms with Gasteiger partial charge < -0.3 is 9.67 Å². The van der Waals surface area contributed by atoms with Gasteiger partial charge in [0.15, 0.2) is 0 Å². The number of imidazole rings is 1. The molecule has 11 rings (SSSR count). The average molecular weight is 1200 g/mol. The Morgan fingerprint density at radius 1 is 0.462 bits per heavy atom. The maximum Gasteiger partial charge on any atom is 0.148 e. The van der Waals surface area contributed by atoms with Gasteiger partial charge in [0.05, 0.1) is 33.3 Å². The van der Waals surface area contributed by atoms with Gasteiger partial charge in [-0.15, -0.1) is 29.3 Å². The Balaban J connectivity index is 0.00000688. The van der Waals surface area contributed by atoms with Gasteiger partial charge in [0.1, 0.15) is 11.6 Å². The van der Waals surface area contributed by atoms with E-state index in [0.717, 1.165) is 78.2 Å². The smallest absolute Gasteiger partial charge is 0.148 e. The van der Waals surface area contributed by atoms with Gasteiger partial charge in [-0.25, -0.2) is 4.98 Å². The number of nitrogens with zero attached hydrogens (tertiary/aromatic N) is 4. The summed E-state index contributed by atoms with van der Waals surface area (Å²) in [7, 11) is 0. The SMILES string of the molecule is Cc1cccc2c3cccc(C)c3n(-c3ccc(-c4ccnc(-c5[c-]c(-c6cccc7c6nc(-c6cc(C(C)(C)C)cc(C(C)(C)C)c6O)n7-c6ccc(C(C)(C)C)cc6-c6ccccc6)cc(C(C)(C)C)c5)c4)cc3)c12.[Pt]. The van der Waals surface area contributed by atoms with Gasteiger partial charge in [-0.1, -0.05) is 203 Å². The summed E-state index contributed by atoms with van der Waals surface area (Å²) in [5.41, 5.74) is 21.2. The van der Waals surface area contributed by atoms with Gasteiger partial charge in [0.2, 0.25) is 0 Å². The molecular weight excluding hydrogens is 1130 g/mol. The molecule has 0 atom stereocenters. The molecule has 0 fully saturated rings. The second-order valence-electron chi connectivity index (χ2n) is 25.4. The van der Waals surface area contributed by atoms with Gasteiger partial charge in [-0.3, -0.25) is 9.55 Å². The van der Waals surface area contributed by atoms with Crippen molar-refractivity contribution in [3.8, 4) is 73.2 Å². The fourth-order valence-electron chi connectivity index (χ4n) is 11.2. The van der Waals surface area contributed by atoms with Crippen LogP contribution in [0.2, 0.25) is 0 Å². The number of aryl methyl sites for hydroxylation is 2. The van der Waals surface area contributed by atoms with Crippen molar-refractivity contribution in [1.82, 2.24) is 19.1 Å². The molecule has 0 radical (unpaired) electrons. The minimum Gasteiger partial charge on any atom is -0.507 e. The molecule has 8 aromatic carbocycles. The summed E-state index contributed by atoms with van der Waals surface area (Å²) in [6.45, 7) is 31.2. The van der Waals surface area contributed by atoms with Gasteiger partial charge in [0.25, 0.3) is 0 Å². The fourth-order valence-corrected chi connectivity index (χ4v) is 11.2. The maximum absolute atomic E-state index is 12.7. The van der Waals surface area contributed by atoms with E-state index in [-0.39, 0.29) is 48.5 Å². The topological polar surface area (TPSA) is 55.9 Å². The summed E-state index contributed by atoms with van der Waals surface area (Å²) in [5, 5.41) is 15.2. The Labute approximate surface area is 476 Å². The van der Waals surface area contributed by atoms with E-state index >= 15 is 0 Å². The molecule has 0 saturated carbocycles. The zero-order valence-electron chi connectivity index (χ0n) is 47.7. The quantitative estimate of drug-likeness (QED) is 0.162. The maximum atomic E-state index is 12.7. The minimum atomic E-state index is -0.342. The monoisotopic (exact) mass is 1200 g/mol. The molecule has 3 heterocycles. The van der Waals surface area contributed by atoms with Crippen LogP contribution in [0.4, 0.5) is 0 Å². The van der Waals surface area contributed by atoms with Gasteiger partial charge in [0, 0.05) is 60.5 Å². The third-order valence-corrected chi connectivity index (χ3v) is 15.6. The van der Waals surface area contributed by atoms with Crippen molar-refractivity contribution in [2.45, 2.75) is 119 Å². The molecule has 0 aliphatic rings. The molecule has 5 nitrogen and oxygen atoms in total. The minimum absolute atomic E-state index is 0. The largest absolute Gasteiger partial charge is 0.507 e. The molecule has 396 valence electrons. The molecule has 0 aliphatic heterocycles. The first-order chi connectivity index (χ1) is 36.5. The molecule has 0 amide bonds. The number of phenols is 1.